The number of hydrogen-bond acceptors (Lipinski definition) is 3. The zero-order valence-corrected chi connectivity index (χ0v) is 8.54. The Morgan fingerprint density at radius 1 is 1.54 bits per heavy atom. The van der Waals surface area contributed by atoms with Crippen LogP contribution in [0.25, 0.3) is 0 Å². The Morgan fingerprint density at radius 3 is 2.85 bits per heavy atom. The minimum absolute atomic E-state index is 0.568. The van der Waals surface area contributed by atoms with Crippen LogP contribution in [0.3, 0.4) is 0 Å². The van der Waals surface area contributed by atoms with Gasteiger partial charge in [-0.1, -0.05) is 6.92 Å². The van der Waals surface area contributed by atoms with Crippen molar-refractivity contribution in [3.8, 4) is 0 Å². The van der Waals surface area contributed by atoms with E-state index in [2.05, 4.69) is 11.9 Å². The molecule has 3 heteroatoms. The maximum Gasteiger partial charge on any atom is 0.194 e. The van der Waals surface area contributed by atoms with Crippen LogP contribution >= 0.6 is 0 Å². The normalized spacial score (nSPS) is 27.5. The van der Waals surface area contributed by atoms with Crippen LogP contribution in [-0.2, 0) is 9.47 Å². The number of aliphatic imine (C=N–C) groups is 1. The molecule has 1 aliphatic rings. The van der Waals surface area contributed by atoms with Gasteiger partial charge in [0.15, 0.2) is 5.79 Å². The maximum absolute atomic E-state index is 5.56. The van der Waals surface area contributed by atoms with Crippen LogP contribution in [0.4, 0.5) is 0 Å². The highest BCUT2D eigenvalue weighted by Crippen LogP contribution is 2.24. The highest BCUT2D eigenvalue weighted by atomic mass is 16.7. The number of methoxy groups -OCH3 is 1. The third-order valence-electron chi connectivity index (χ3n) is 2.18. The summed E-state index contributed by atoms with van der Waals surface area (Å²) in [5, 5.41) is 0. The van der Waals surface area contributed by atoms with Gasteiger partial charge in [-0.3, -0.25) is 4.99 Å². The molecule has 0 aliphatic carbocycles. The van der Waals surface area contributed by atoms with Gasteiger partial charge < -0.3 is 9.47 Å². The molecule has 13 heavy (non-hydrogen) atoms. The van der Waals surface area contributed by atoms with Crippen LogP contribution in [0.15, 0.2) is 17.3 Å². The first kappa shape index (κ1) is 10.4. The van der Waals surface area contributed by atoms with E-state index >= 15 is 0 Å². The van der Waals surface area contributed by atoms with Gasteiger partial charge in [-0.15, -0.1) is 0 Å². The van der Waals surface area contributed by atoms with Crippen molar-refractivity contribution in [3.05, 3.63) is 12.3 Å². The van der Waals surface area contributed by atoms with Crippen LogP contribution in [0.2, 0.25) is 0 Å². The summed E-state index contributed by atoms with van der Waals surface area (Å²) in [6.45, 7) is 4.70. The predicted octanol–water partition coefficient (Wildman–Crippen LogP) is 2.13. The van der Waals surface area contributed by atoms with E-state index in [1.165, 1.54) is 0 Å². The van der Waals surface area contributed by atoms with E-state index < -0.39 is 5.79 Å². The minimum Gasteiger partial charge on any atom is -0.349 e. The lowest BCUT2D eigenvalue weighted by molar-refractivity contribution is -0.180. The van der Waals surface area contributed by atoms with E-state index in [0.29, 0.717) is 6.61 Å². The Balaban J connectivity index is 2.70. The summed E-state index contributed by atoms with van der Waals surface area (Å²) >= 11 is 0. The zero-order chi connectivity index (χ0) is 9.73. The van der Waals surface area contributed by atoms with Gasteiger partial charge in [0.25, 0.3) is 0 Å². The Bertz CT molecular complexity index is 223. The number of hydrogen-bond donors (Lipinski definition) is 0. The molecule has 1 rings (SSSR count). The average molecular weight is 183 g/mol. The molecular formula is C10H17NO2. The molecule has 0 saturated carbocycles. The van der Waals surface area contributed by atoms with Gasteiger partial charge in [0.1, 0.15) is 0 Å². The lowest BCUT2D eigenvalue weighted by atomic mass is 10.0. The maximum atomic E-state index is 5.56. The van der Waals surface area contributed by atoms with E-state index in [9.17, 15) is 0 Å². The van der Waals surface area contributed by atoms with Crippen molar-refractivity contribution in [2.24, 2.45) is 4.99 Å². The highest BCUT2D eigenvalue weighted by molar-refractivity contribution is 5.86. The summed E-state index contributed by atoms with van der Waals surface area (Å²) in [5.41, 5.74) is 1.12. The molecule has 1 atom stereocenters. The molecule has 74 valence electrons. The first-order chi connectivity index (χ1) is 6.26. The Hall–Kier alpha value is -0.670. The van der Waals surface area contributed by atoms with Crippen molar-refractivity contribution in [1.82, 2.24) is 0 Å². The van der Waals surface area contributed by atoms with Crippen molar-refractivity contribution in [2.75, 3.05) is 13.7 Å². The smallest absolute Gasteiger partial charge is 0.194 e. The number of ether oxygens (including phenoxy) is 2. The molecule has 0 aromatic heterocycles. The third kappa shape index (κ3) is 2.39. The van der Waals surface area contributed by atoms with E-state index in [-0.39, 0.29) is 0 Å². The van der Waals surface area contributed by atoms with E-state index in [1.807, 2.05) is 13.0 Å². The van der Waals surface area contributed by atoms with Gasteiger partial charge in [0, 0.05) is 32.0 Å². The fraction of sp³-hybridized carbons (Fsp3) is 0.700. The summed E-state index contributed by atoms with van der Waals surface area (Å²) in [4.78, 5) is 4.25. The lowest BCUT2D eigenvalue weighted by Gasteiger charge is -2.30. The molecule has 0 radical (unpaired) electrons. The van der Waals surface area contributed by atoms with E-state index in [0.717, 1.165) is 18.6 Å². The SMILES string of the molecule is CCOC1(OC)C=CN=C(CC)C1. The standard InChI is InChI=1S/C10H17NO2/c1-4-9-8-10(12-3,13-5-2)6-7-11-9/h6-7H,4-5,8H2,1-3H3. The van der Waals surface area contributed by atoms with Gasteiger partial charge in [0.2, 0.25) is 0 Å². The molecule has 0 aromatic carbocycles. The van der Waals surface area contributed by atoms with E-state index in [1.54, 1.807) is 13.3 Å². The Morgan fingerprint density at radius 2 is 2.31 bits per heavy atom. The number of nitrogens with zero attached hydrogens (tertiary/aromatic N) is 1. The fourth-order valence-electron chi connectivity index (χ4n) is 1.40. The molecular weight excluding hydrogens is 166 g/mol. The Kier molecular flexibility index (Phi) is 3.63. The molecule has 0 spiro atoms. The first-order valence-electron chi connectivity index (χ1n) is 4.68. The summed E-state index contributed by atoms with van der Waals surface area (Å²) in [7, 11) is 1.67. The monoisotopic (exact) mass is 183 g/mol. The molecule has 0 N–H and O–H groups in total. The van der Waals surface area contributed by atoms with Gasteiger partial charge >= 0.3 is 0 Å². The van der Waals surface area contributed by atoms with Crippen LogP contribution in [0, 0.1) is 0 Å². The second kappa shape index (κ2) is 4.53. The lowest BCUT2D eigenvalue weighted by Crippen LogP contribution is -2.36. The summed E-state index contributed by atoms with van der Waals surface area (Å²) in [6.07, 6.45) is 5.32. The molecule has 3 nitrogen and oxygen atoms in total. The van der Waals surface area contributed by atoms with Gasteiger partial charge in [0.05, 0.1) is 0 Å². The van der Waals surface area contributed by atoms with Crippen molar-refractivity contribution >= 4 is 5.71 Å². The molecule has 1 aliphatic heterocycles. The van der Waals surface area contributed by atoms with Gasteiger partial charge in [-0.25, -0.2) is 0 Å². The van der Waals surface area contributed by atoms with Crippen LogP contribution in [-0.4, -0.2) is 25.2 Å². The van der Waals surface area contributed by atoms with Crippen molar-refractivity contribution < 1.29 is 9.47 Å². The quantitative estimate of drug-likeness (QED) is 0.625. The zero-order valence-electron chi connectivity index (χ0n) is 8.54. The molecule has 0 amide bonds. The fourth-order valence-corrected chi connectivity index (χ4v) is 1.40. The Labute approximate surface area is 79.5 Å². The summed E-state index contributed by atoms with van der Waals surface area (Å²) in [5.74, 6) is -0.568. The van der Waals surface area contributed by atoms with Crippen LogP contribution < -0.4 is 0 Å². The van der Waals surface area contributed by atoms with Gasteiger partial charge in [-0.05, 0) is 19.4 Å². The third-order valence-corrected chi connectivity index (χ3v) is 2.18. The molecule has 0 bridgehead atoms. The van der Waals surface area contributed by atoms with Crippen molar-refractivity contribution in [3.63, 3.8) is 0 Å². The topological polar surface area (TPSA) is 30.8 Å². The second-order valence-electron chi connectivity index (χ2n) is 2.99. The highest BCUT2D eigenvalue weighted by Gasteiger charge is 2.30. The molecule has 0 aromatic rings. The van der Waals surface area contributed by atoms with E-state index in [4.69, 9.17) is 9.47 Å². The van der Waals surface area contributed by atoms with Crippen LogP contribution in [0.1, 0.15) is 26.7 Å². The van der Waals surface area contributed by atoms with Crippen LogP contribution in [0.5, 0.6) is 0 Å². The molecule has 1 heterocycles. The largest absolute Gasteiger partial charge is 0.349 e. The molecule has 1 unspecified atom stereocenters. The molecule has 0 saturated heterocycles. The minimum atomic E-state index is -0.568. The first-order valence-corrected chi connectivity index (χ1v) is 4.68. The average Bonchev–Trinajstić information content (AvgIpc) is 2.19. The van der Waals surface area contributed by atoms with Crippen molar-refractivity contribution in [2.45, 2.75) is 32.5 Å². The number of rotatable bonds is 4. The van der Waals surface area contributed by atoms with Crippen molar-refractivity contribution in [1.29, 1.82) is 0 Å². The predicted molar refractivity (Wildman–Crippen MR) is 52.8 cm³/mol. The van der Waals surface area contributed by atoms with Gasteiger partial charge in [-0.2, -0.15) is 0 Å². The summed E-state index contributed by atoms with van der Waals surface area (Å²) in [6, 6.07) is 0. The summed E-state index contributed by atoms with van der Waals surface area (Å²) < 4.78 is 10.9. The second-order valence-corrected chi connectivity index (χ2v) is 2.99. The molecule has 0 fully saturated rings.